The van der Waals surface area contributed by atoms with Crippen LogP contribution in [0.15, 0.2) is 46.7 Å². The molecule has 7 nitrogen and oxygen atoms in total. The Bertz CT molecular complexity index is 834. The summed E-state index contributed by atoms with van der Waals surface area (Å²) in [4.78, 5) is 16.9. The molecule has 142 valence electrons. The van der Waals surface area contributed by atoms with Crippen molar-refractivity contribution in [2.45, 2.75) is 36.6 Å². The Balaban J connectivity index is 2.06. The van der Waals surface area contributed by atoms with Crippen molar-refractivity contribution in [3.05, 3.63) is 36.9 Å². The zero-order valence-corrected chi connectivity index (χ0v) is 16.7. The maximum atomic E-state index is 12.5. The predicted molar refractivity (Wildman–Crippen MR) is 104 cm³/mol. The number of hydrogen-bond acceptors (Lipinski definition) is 5. The van der Waals surface area contributed by atoms with Crippen molar-refractivity contribution >= 4 is 33.4 Å². The Hall–Kier alpha value is -1.84. The summed E-state index contributed by atoms with van der Waals surface area (Å²) in [5.74, 6) is -0.339. The number of aryl methyl sites for hydroxylation is 1. The maximum Gasteiger partial charge on any atom is 0.240 e. The Morgan fingerprint density at radius 1 is 1.35 bits per heavy atom. The van der Waals surface area contributed by atoms with E-state index in [0.29, 0.717) is 25.2 Å². The fraction of sp³-hybridized carbons (Fsp3) is 0.412. The molecule has 9 heteroatoms. The molecule has 1 aromatic heterocycles. The largest absolute Gasteiger partial charge is 0.337 e. The fourth-order valence-electron chi connectivity index (χ4n) is 2.20. The molecule has 0 aliphatic heterocycles. The van der Waals surface area contributed by atoms with Gasteiger partial charge in [-0.2, -0.15) is 0 Å². The van der Waals surface area contributed by atoms with Gasteiger partial charge in [0.25, 0.3) is 0 Å². The molecule has 2 rings (SSSR count). The Morgan fingerprint density at radius 3 is 2.73 bits per heavy atom. The van der Waals surface area contributed by atoms with Crippen LogP contribution in [-0.2, 0) is 21.4 Å². The minimum atomic E-state index is -3.64. The SMILES string of the molecule is CSc1ccc(S(=O)(=O)NCCCn2ccnc2)cc1NC(=O)C(C)C. The van der Waals surface area contributed by atoms with Gasteiger partial charge in [-0.3, -0.25) is 4.79 Å². The van der Waals surface area contributed by atoms with Crippen LogP contribution >= 0.6 is 11.8 Å². The van der Waals surface area contributed by atoms with E-state index >= 15 is 0 Å². The Labute approximate surface area is 158 Å². The zero-order chi connectivity index (χ0) is 19.2. The van der Waals surface area contributed by atoms with E-state index in [1.807, 2.05) is 17.0 Å². The lowest BCUT2D eigenvalue weighted by Crippen LogP contribution is -2.26. The molecular formula is C17H24N4O3S2. The van der Waals surface area contributed by atoms with Crippen LogP contribution < -0.4 is 10.0 Å². The predicted octanol–water partition coefficient (Wildman–Crippen LogP) is 2.57. The smallest absolute Gasteiger partial charge is 0.240 e. The molecule has 1 amide bonds. The molecule has 0 unspecified atom stereocenters. The molecule has 0 aliphatic carbocycles. The van der Waals surface area contributed by atoms with E-state index < -0.39 is 10.0 Å². The molecule has 0 bridgehead atoms. The molecule has 0 spiro atoms. The lowest BCUT2D eigenvalue weighted by molar-refractivity contribution is -0.118. The summed E-state index contributed by atoms with van der Waals surface area (Å²) in [5, 5.41) is 2.80. The highest BCUT2D eigenvalue weighted by Gasteiger charge is 2.17. The van der Waals surface area contributed by atoms with Crippen molar-refractivity contribution in [1.29, 1.82) is 0 Å². The molecular weight excluding hydrogens is 372 g/mol. The van der Waals surface area contributed by atoms with E-state index in [0.717, 1.165) is 4.90 Å². The minimum absolute atomic E-state index is 0.136. The first-order valence-corrected chi connectivity index (χ1v) is 11.0. The summed E-state index contributed by atoms with van der Waals surface area (Å²) < 4.78 is 29.5. The van der Waals surface area contributed by atoms with Crippen LogP contribution in [0.1, 0.15) is 20.3 Å². The summed E-state index contributed by atoms with van der Waals surface area (Å²) >= 11 is 1.45. The topological polar surface area (TPSA) is 93.1 Å². The van der Waals surface area contributed by atoms with Gasteiger partial charge in [-0.15, -0.1) is 11.8 Å². The lowest BCUT2D eigenvalue weighted by Gasteiger charge is -2.14. The molecule has 0 saturated carbocycles. The zero-order valence-electron chi connectivity index (χ0n) is 15.1. The summed E-state index contributed by atoms with van der Waals surface area (Å²) in [7, 11) is -3.64. The molecule has 26 heavy (non-hydrogen) atoms. The lowest BCUT2D eigenvalue weighted by atomic mass is 10.2. The van der Waals surface area contributed by atoms with E-state index in [2.05, 4.69) is 15.0 Å². The summed E-state index contributed by atoms with van der Waals surface area (Å²) in [6.45, 7) is 4.58. The number of carbonyl (C=O) groups excluding carboxylic acids is 1. The number of carbonyl (C=O) groups is 1. The first-order valence-electron chi connectivity index (χ1n) is 8.28. The minimum Gasteiger partial charge on any atom is -0.337 e. The van der Waals surface area contributed by atoms with Gasteiger partial charge in [-0.25, -0.2) is 18.1 Å². The summed E-state index contributed by atoms with van der Waals surface area (Å²) in [6.07, 6.45) is 7.74. The number of benzene rings is 1. The monoisotopic (exact) mass is 396 g/mol. The first kappa shape index (κ1) is 20.5. The second-order valence-electron chi connectivity index (χ2n) is 6.06. The Morgan fingerprint density at radius 2 is 2.12 bits per heavy atom. The van der Waals surface area contributed by atoms with E-state index in [1.165, 1.54) is 17.8 Å². The standard InChI is InChI=1S/C17H24N4O3S2/c1-13(2)17(22)20-15-11-14(5-6-16(15)25-3)26(23,24)19-7-4-9-21-10-8-18-12-21/h5-6,8,10-13,19H,4,7,9H2,1-3H3,(H,20,22). The average Bonchev–Trinajstić information content (AvgIpc) is 3.12. The van der Waals surface area contributed by atoms with Crippen LogP contribution in [-0.4, -0.2) is 36.7 Å². The van der Waals surface area contributed by atoms with Gasteiger partial charge >= 0.3 is 0 Å². The van der Waals surface area contributed by atoms with Crippen molar-refractivity contribution in [2.75, 3.05) is 18.1 Å². The number of rotatable bonds is 9. The number of aromatic nitrogens is 2. The highest BCUT2D eigenvalue weighted by molar-refractivity contribution is 7.98. The van der Waals surface area contributed by atoms with Crippen LogP contribution in [0.5, 0.6) is 0 Å². The highest BCUT2D eigenvalue weighted by Crippen LogP contribution is 2.28. The molecule has 0 radical (unpaired) electrons. The van der Waals surface area contributed by atoms with E-state index in [4.69, 9.17) is 0 Å². The molecule has 2 aromatic rings. The van der Waals surface area contributed by atoms with Gasteiger partial charge in [0.1, 0.15) is 0 Å². The number of sulfonamides is 1. The third-order valence-electron chi connectivity index (χ3n) is 3.71. The summed E-state index contributed by atoms with van der Waals surface area (Å²) in [6, 6.07) is 4.76. The second-order valence-corrected chi connectivity index (χ2v) is 8.67. The average molecular weight is 397 g/mol. The molecule has 0 aliphatic rings. The van der Waals surface area contributed by atoms with Crippen molar-refractivity contribution in [1.82, 2.24) is 14.3 Å². The first-order chi connectivity index (χ1) is 12.3. The van der Waals surface area contributed by atoms with Crippen LogP contribution in [0, 0.1) is 5.92 Å². The molecule has 1 aromatic carbocycles. The van der Waals surface area contributed by atoms with Gasteiger partial charge in [0.05, 0.1) is 16.9 Å². The van der Waals surface area contributed by atoms with Crippen molar-refractivity contribution in [3.63, 3.8) is 0 Å². The van der Waals surface area contributed by atoms with Gasteiger partial charge in [-0.05, 0) is 30.9 Å². The maximum absolute atomic E-state index is 12.5. The number of hydrogen-bond donors (Lipinski definition) is 2. The Kier molecular flexibility index (Phi) is 7.24. The number of nitrogens with one attached hydrogen (secondary N) is 2. The van der Waals surface area contributed by atoms with Gasteiger partial charge < -0.3 is 9.88 Å². The van der Waals surface area contributed by atoms with Crippen LogP contribution in [0.4, 0.5) is 5.69 Å². The number of imidazole rings is 1. The molecule has 0 atom stereocenters. The number of thioether (sulfide) groups is 1. The molecule has 0 fully saturated rings. The molecule has 1 heterocycles. The van der Waals surface area contributed by atoms with Crippen LogP contribution in [0.3, 0.4) is 0 Å². The normalized spacial score (nSPS) is 11.7. The van der Waals surface area contributed by atoms with Crippen LogP contribution in [0.2, 0.25) is 0 Å². The third-order valence-corrected chi connectivity index (χ3v) is 5.96. The van der Waals surface area contributed by atoms with E-state index in [1.54, 1.807) is 38.5 Å². The third kappa shape index (κ3) is 5.58. The number of anilines is 1. The second kappa shape index (κ2) is 9.20. The van der Waals surface area contributed by atoms with Crippen molar-refractivity contribution in [3.8, 4) is 0 Å². The molecule has 2 N–H and O–H groups in total. The van der Waals surface area contributed by atoms with Crippen molar-refractivity contribution in [2.24, 2.45) is 5.92 Å². The van der Waals surface area contributed by atoms with Gasteiger partial charge in [0.2, 0.25) is 15.9 Å². The number of amides is 1. The molecule has 0 saturated heterocycles. The van der Waals surface area contributed by atoms with Gasteiger partial charge in [0, 0.05) is 36.3 Å². The summed E-state index contributed by atoms with van der Waals surface area (Å²) in [5.41, 5.74) is 0.512. The number of nitrogens with zero attached hydrogens (tertiary/aromatic N) is 2. The van der Waals surface area contributed by atoms with Crippen LogP contribution in [0.25, 0.3) is 0 Å². The van der Waals surface area contributed by atoms with E-state index in [-0.39, 0.29) is 16.7 Å². The van der Waals surface area contributed by atoms with E-state index in [9.17, 15) is 13.2 Å². The highest BCUT2D eigenvalue weighted by atomic mass is 32.2. The van der Waals surface area contributed by atoms with Gasteiger partial charge in [-0.1, -0.05) is 13.8 Å². The van der Waals surface area contributed by atoms with Crippen molar-refractivity contribution < 1.29 is 13.2 Å². The quantitative estimate of drug-likeness (QED) is 0.502. The van der Waals surface area contributed by atoms with Gasteiger partial charge in [0.15, 0.2) is 0 Å². The fourth-order valence-corrected chi connectivity index (χ4v) is 3.83.